The van der Waals surface area contributed by atoms with Gasteiger partial charge in [-0.05, 0) is 18.6 Å². The number of nitrogens with zero attached hydrogens (tertiary/aromatic N) is 1. The van der Waals surface area contributed by atoms with Crippen molar-refractivity contribution in [2.45, 2.75) is 18.9 Å². The van der Waals surface area contributed by atoms with Crippen LogP contribution in [0.5, 0.6) is 0 Å². The third kappa shape index (κ3) is 3.62. The van der Waals surface area contributed by atoms with Crippen molar-refractivity contribution in [3.63, 3.8) is 0 Å². The molecule has 0 aliphatic rings. The lowest BCUT2D eigenvalue weighted by Gasteiger charge is -2.13. The lowest BCUT2D eigenvalue weighted by atomic mass is 10.1. The number of carbonyl (C=O) groups excluding carboxylic acids is 2. The van der Waals surface area contributed by atoms with Gasteiger partial charge in [-0.15, -0.1) is 0 Å². The number of hydrogen-bond donors (Lipinski definition) is 3. The quantitative estimate of drug-likeness (QED) is 0.632. The summed E-state index contributed by atoms with van der Waals surface area (Å²) in [7, 11) is 1.67. The molecule has 0 fully saturated rings. The number of hydrogen-bond acceptors (Lipinski definition) is 3. The molecule has 0 radical (unpaired) electrons. The van der Waals surface area contributed by atoms with Gasteiger partial charge in [0, 0.05) is 19.7 Å². The predicted molar refractivity (Wildman–Crippen MR) is 62.7 cm³/mol. The van der Waals surface area contributed by atoms with E-state index >= 15 is 0 Å². The van der Waals surface area contributed by atoms with Gasteiger partial charge in [0.15, 0.2) is 0 Å². The second-order valence-electron chi connectivity index (χ2n) is 3.87. The van der Waals surface area contributed by atoms with E-state index in [1.165, 1.54) is 0 Å². The smallest absolute Gasteiger partial charge is 0.326 e. The largest absolute Gasteiger partial charge is 0.480 e. The zero-order chi connectivity index (χ0) is 13.7. The molecule has 0 aliphatic heterocycles. The average Bonchev–Trinajstić information content (AvgIpc) is 2.69. The van der Waals surface area contributed by atoms with Crippen LogP contribution in [-0.4, -0.2) is 33.5 Å². The van der Waals surface area contributed by atoms with Crippen LogP contribution in [0.4, 0.5) is 0 Å². The Morgan fingerprint density at radius 3 is 2.61 bits per heavy atom. The molecule has 1 aromatic rings. The van der Waals surface area contributed by atoms with Gasteiger partial charge in [0.2, 0.25) is 5.91 Å². The van der Waals surface area contributed by atoms with Gasteiger partial charge in [0.25, 0.3) is 5.91 Å². The third-order valence-corrected chi connectivity index (χ3v) is 2.46. The molecule has 0 aliphatic carbocycles. The SMILES string of the molecule is Cn1cccc1C(=O)N[C@@H](CCC(N)=O)C(=O)O. The number of carboxylic acids is 1. The first kappa shape index (κ1) is 13.8. The van der Waals surface area contributed by atoms with Gasteiger partial charge in [-0.3, -0.25) is 9.59 Å². The summed E-state index contributed by atoms with van der Waals surface area (Å²) in [6.45, 7) is 0. The summed E-state index contributed by atoms with van der Waals surface area (Å²) < 4.78 is 1.57. The van der Waals surface area contributed by atoms with E-state index in [0.717, 1.165) is 0 Å². The minimum atomic E-state index is -1.20. The minimum Gasteiger partial charge on any atom is -0.480 e. The molecule has 0 saturated carbocycles. The summed E-state index contributed by atoms with van der Waals surface area (Å²) in [6.07, 6.45) is 1.55. The van der Waals surface area contributed by atoms with Gasteiger partial charge in [-0.2, -0.15) is 0 Å². The van der Waals surface area contributed by atoms with Gasteiger partial charge in [0.1, 0.15) is 11.7 Å². The molecule has 1 rings (SSSR count). The summed E-state index contributed by atoms with van der Waals surface area (Å²) >= 11 is 0. The molecular weight excluding hydrogens is 238 g/mol. The maximum absolute atomic E-state index is 11.8. The number of amides is 2. The predicted octanol–water partition coefficient (Wildman–Crippen LogP) is -0.526. The Hall–Kier alpha value is -2.31. The lowest BCUT2D eigenvalue weighted by molar-refractivity contribution is -0.139. The number of nitrogens with two attached hydrogens (primary N) is 1. The molecule has 1 atom stereocenters. The fourth-order valence-corrected chi connectivity index (χ4v) is 1.47. The van der Waals surface area contributed by atoms with E-state index in [9.17, 15) is 14.4 Å². The summed E-state index contributed by atoms with van der Waals surface area (Å²) in [5.41, 5.74) is 5.29. The van der Waals surface area contributed by atoms with Crippen molar-refractivity contribution in [1.29, 1.82) is 0 Å². The Balaban J connectivity index is 2.67. The molecule has 4 N–H and O–H groups in total. The van der Waals surface area contributed by atoms with Crippen molar-refractivity contribution in [3.8, 4) is 0 Å². The molecule has 98 valence electrons. The van der Waals surface area contributed by atoms with Crippen LogP contribution in [0.25, 0.3) is 0 Å². The lowest BCUT2D eigenvalue weighted by Crippen LogP contribution is -2.41. The molecule has 7 nitrogen and oxygen atoms in total. The van der Waals surface area contributed by atoms with Crippen molar-refractivity contribution in [2.24, 2.45) is 12.8 Å². The van der Waals surface area contributed by atoms with Crippen molar-refractivity contribution < 1.29 is 19.5 Å². The van der Waals surface area contributed by atoms with E-state index < -0.39 is 23.8 Å². The van der Waals surface area contributed by atoms with Crippen LogP contribution in [0.15, 0.2) is 18.3 Å². The molecule has 2 amide bonds. The monoisotopic (exact) mass is 253 g/mol. The van der Waals surface area contributed by atoms with Crippen molar-refractivity contribution >= 4 is 17.8 Å². The standard InChI is InChI=1S/C11H15N3O4/c1-14-6-2-3-8(14)10(16)13-7(11(17)18)4-5-9(12)15/h2-3,6-7H,4-5H2,1H3,(H2,12,15)(H,13,16)(H,17,18)/t7-/m0/s1. The normalized spacial score (nSPS) is 11.8. The molecule has 1 heterocycles. The number of aromatic nitrogens is 1. The zero-order valence-electron chi connectivity index (χ0n) is 9.92. The van der Waals surface area contributed by atoms with E-state index in [1.807, 2.05) is 0 Å². The van der Waals surface area contributed by atoms with Crippen LogP contribution in [0, 0.1) is 0 Å². The highest BCUT2D eigenvalue weighted by Gasteiger charge is 2.21. The molecular formula is C11H15N3O4. The molecule has 0 bridgehead atoms. The average molecular weight is 253 g/mol. The summed E-state index contributed by atoms with van der Waals surface area (Å²) in [6, 6.07) is 2.12. The van der Waals surface area contributed by atoms with E-state index in [-0.39, 0.29) is 12.8 Å². The molecule has 1 aromatic heterocycles. The van der Waals surface area contributed by atoms with Gasteiger partial charge in [-0.1, -0.05) is 0 Å². The van der Waals surface area contributed by atoms with Crippen LogP contribution in [0.1, 0.15) is 23.3 Å². The maximum Gasteiger partial charge on any atom is 0.326 e. The van der Waals surface area contributed by atoms with Crippen LogP contribution < -0.4 is 11.1 Å². The van der Waals surface area contributed by atoms with Crippen LogP contribution in [-0.2, 0) is 16.6 Å². The second kappa shape index (κ2) is 5.85. The second-order valence-corrected chi connectivity index (χ2v) is 3.87. The number of carbonyl (C=O) groups is 3. The number of nitrogens with one attached hydrogen (secondary N) is 1. The Morgan fingerprint density at radius 2 is 2.17 bits per heavy atom. The van der Waals surface area contributed by atoms with E-state index in [4.69, 9.17) is 10.8 Å². The summed E-state index contributed by atoms with van der Waals surface area (Å²) in [5, 5.41) is 11.3. The van der Waals surface area contributed by atoms with E-state index in [0.29, 0.717) is 5.69 Å². The maximum atomic E-state index is 11.8. The number of rotatable bonds is 6. The molecule has 18 heavy (non-hydrogen) atoms. The van der Waals surface area contributed by atoms with Gasteiger partial charge < -0.3 is 20.7 Å². The van der Waals surface area contributed by atoms with Crippen LogP contribution in [0.3, 0.4) is 0 Å². The fourth-order valence-electron chi connectivity index (χ4n) is 1.47. The van der Waals surface area contributed by atoms with E-state index in [2.05, 4.69) is 5.32 Å². The van der Waals surface area contributed by atoms with Gasteiger partial charge in [0.05, 0.1) is 0 Å². The van der Waals surface area contributed by atoms with Crippen molar-refractivity contribution in [3.05, 3.63) is 24.0 Å². The highest BCUT2D eigenvalue weighted by Crippen LogP contribution is 2.03. The number of carboxylic acid groups (broad SMARTS) is 1. The Bertz CT molecular complexity index is 467. The third-order valence-electron chi connectivity index (χ3n) is 2.46. The first-order valence-corrected chi connectivity index (χ1v) is 5.35. The summed E-state index contributed by atoms with van der Waals surface area (Å²) in [4.78, 5) is 33.3. The Kier molecular flexibility index (Phi) is 4.47. The highest BCUT2D eigenvalue weighted by molar-refractivity contribution is 5.95. The first-order chi connectivity index (χ1) is 8.41. The molecule has 0 aromatic carbocycles. The van der Waals surface area contributed by atoms with Crippen molar-refractivity contribution in [2.75, 3.05) is 0 Å². The first-order valence-electron chi connectivity index (χ1n) is 5.35. The zero-order valence-corrected chi connectivity index (χ0v) is 9.92. The molecule has 0 unspecified atom stereocenters. The Labute approximate surface area is 104 Å². The number of aryl methyl sites for hydroxylation is 1. The van der Waals surface area contributed by atoms with E-state index in [1.54, 1.807) is 29.9 Å². The molecule has 7 heteroatoms. The van der Waals surface area contributed by atoms with Gasteiger partial charge >= 0.3 is 5.97 Å². The molecule has 0 spiro atoms. The highest BCUT2D eigenvalue weighted by atomic mass is 16.4. The number of primary amides is 1. The van der Waals surface area contributed by atoms with Crippen LogP contribution >= 0.6 is 0 Å². The molecule has 0 saturated heterocycles. The van der Waals surface area contributed by atoms with Gasteiger partial charge in [-0.25, -0.2) is 4.79 Å². The minimum absolute atomic E-state index is 0.0270. The van der Waals surface area contributed by atoms with Crippen molar-refractivity contribution in [1.82, 2.24) is 9.88 Å². The Morgan fingerprint density at radius 1 is 1.50 bits per heavy atom. The topological polar surface area (TPSA) is 114 Å². The fraction of sp³-hybridized carbons (Fsp3) is 0.364. The number of aliphatic carboxylic acids is 1. The summed E-state index contributed by atoms with van der Waals surface area (Å²) in [5.74, 6) is -2.30. The van der Waals surface area contributed by atoms with Crippen LogP contribution in [0.2, 0.25) is 0 Å².